The van der Waals surface area contributed by atoms with Crippen LogP contribution in [-0.2, 0) is 6.42 Å². The second-order valence-corrected chi connectivity index (χ2v) is 5.45. The molecule has 0 amide bonds. The minimum absolute atomic E-state index is 0.510. The van der Waals surface area contributed by atoms with E-state index in [0.717, 1.165) is 34.4 Å². The highest BCUT2D eigenvalue weighted by atomic mass is 16.5. The van der Waals surface area contributed by atoms with Gasteiger partial charge in [-0.15, -0.1) is 0 Å². The van der Waals surface area contributed by atoms with Crippen LogP contribution >= 0.6 is 0 Å². The number of benzene rings is 2. The molecule has 4 heteroatoms. The molecule has 1 heterocycles. The van der Waals surface area contributed by atoms with Gasteiger partial charge in [-0.05, 0) is 49.2 Å². The highest BCUT2D eigenvalue weighted by Crippen LogP contribution is 2.31. The lowest BCUT2D eigenvalue weighted by Crippen LogP contribution is -1.98. The van der Waals surface area contributed by atoms with Crippen molar-refractivity contribution >= 4 is 22.3 Å². The third-order valence-electron chi connectivity index (χ3n) is 3.90. The number of nitrogens with one attached hydrogen (secondary N) is 1. The first kappa shape index (κ1) is 15.8. The predicted octanol–water partition coefficient (Wildman–Crippen LogP) is 4.81. The first-order valence-electron chi connectivity index (χ1n) is 8.06. The molecule has 0 saturated heterocycles. The Hall–Kier alpha value is -3.06. The first-order chi connectivity index (χ1) is 11.7. The average Bonchev–Trinajstić information content (AvgIpc) is 2.63. The van der Waals surface area contributed by atoms with Crippen LogP contribution in [0, 0.1) is 11.3 Å². The molecule has 4 nitrogen and oxygen atoms in total. The zero-order valence-electron chi connectivity index (χ0n) is 13.8. The molecule has 0 unspecified atom stereocenters. The lowest BCUT2D eigenvalue weighted by molar-refractivity contribution is 0.340. The van der Waals surface area contributed by atoms with Crippen LogP contribution in [0.1, 0.15) is 25.0 Å². The molecule has 120 valence electrons. The van der Waals surface area contributed by atoms with Gasteiger partial charge in [0.2, 0.25) is 0 Å². The lowest BCUT2D eigenvalue weighted by Gasteiger charge is -2.13. The van der Waals surface area contributed by atoms with Gasteiger partial charge in [-0.25, -0.2) is 0 Å². The summed E-state index contributed by atoms with van der Waals surface area (Å²) in [5.74, 6) is 0.770. The summed E-state index contributed by atoms with van der Waals surface area (Å²) in [6.07, 6.45) is 2.60. The molecule has 24 heavy (non-hydrogen) atoms. The summed E-state index contributed by atoms with van der Waals surface area (Å²) in [6, 6.07) is 16.2. The van der Waals surface area contributed by atoms with Gasteiger partial charge in [0.25, 0.3) is 0 Å². The first-order valence-corrected chi connectivity index (χ1v) is 8.06. The molecule has 0 saturated carbocycles. The highest BCUT2D eigenvalue weighted by molar-refractivity contribution is 5.96. The Morgan fingerprint density at radius 2 is 1.92 bits per heavy atom. The van der Waals surface area contributed by atoms with E-state index in [1.54, 1.807) is 6.20 Å². The number of hydrogen-bond donors (Lipinski definition) is 1. The van der Waals surface area contributed by atoms with Gasteiger partial charge in [-0.3, -0.25) is 4.98 Å². The minimum atomic E-state index is 0.510. The number of nitriles is 1. The molecule has 1 aromatic heterocycles. The molecule has 0 spiro atoms. The summed E-state index contributed by atoms with van der Waals surface area (Å²) in [6.45, 7) is 4.67. The number of rotatable bonds is 5. The Balaban J connectivity index is 2.08. The smallest absolute Gasteiger partial charge is 0.120 e. The highest BCUT2D eigenvalue weighted by Gasteiger charge is 2.10. The van der Waals surface area contributed by atoms with Crippen molar-refractivity contribution in [3.8, 4) is 11.8 Å². The van der Waals surface area contributed by atoms with Crippen molar-refractivity contribution in [1.29, 1.82) is 5.26 Å². The third-order valence-corrected chi connectivity index (χ3v) is 3.90. The van der Waals surface area contributed by atoms with Crippen molar-refractivity contribution in [2.24, 2.45) is 0 Å². The number of hydrogen-bond acceptors (Lipinski definition) is 4. The van der Waals surface area contributed by atoms with E-state index in [1.165, 1.54) is 5.56 Å². The number of anilines is 2. The molecule has 0 aliphatic carbocycles. The molecule has 0 bridgehead atoms. The van der Waals surface area contributed by atoms with E-state index in [0.29, 0.717) is 12.2 Å². The summed E-state index contributed by atoms with van der Waals surface area (Å²) in [5.41, 5.74) is 4.31. The standard InChI is InChI=1S/C20H19N3O/c1-3-14-5-7-16(8-6-14)23-20-15(12-21)13-22-19-10-9-17(24-4-2)11-18(19)20/h5-11,13H,3-4H2,1-2H3,(H,22,23). The Morgan fingerprint density at radius 3 is 2.58 bits per heavy atom. The number of aromatic nitrogens is 1. The number of aryl methyl sites for hydroxylation is 1. The summed E-state index contributed by atoms with van der Waals surface area (Å²) in [4.78, 5) is 4.36. The van der Waals surface area contributed by atoms with Gasteiger partial charge < -0.3 is 10.1 Å². The van der Waals surface area contributed by atoms with Gasteiger partial charge in [0.1, 0.15) is 11.8 Å². The molecule has 0 aliphatic rings. The lowest BCUT2D eigenvalue weighted by atomic mass is 10.1. The van der Waals surface area contributed by atoms with Crippen LogP contribution in [0.2, 0.25) is 0 Å². The van der Waals surface area contributed by atoms with Crippen LogP contribution in [0.25, 0.3) is 10.9 Å². The molecule has 0 fully saturated rings. The van der Waals surface area contributed by atoms with Crippen LogP contribution in [0.15, 0.2) is 48.7 Å². The molecular weight excluding hydrogens is 298 g/mol. The van der Waals surface area contributed by atoms with Crippen LogP contribution in [0.5, 0.6) is 5.75 Å². The maximum absolute atomic E-state index is 9.45. The maximum atomic E-state index is 9.45. The fourth-order valence-corrected chi connectivity index (χ4v) is 2.62. The average molecular weight is 317 g/mol. The SMILES string of the molecule is CCOc1ccc2ncc(C#N)c(Nc3ccc(CC)cc3)c2c1. The number of ether oxygens (including phenoxy) is 1. The summed E-state index contributed by atoms with van der Waals surface area (Å²) >= 11 is 0. The van der Waals surface area contributed by atoms with Crippen molar-refractivity contribution in [3.05, 3.63) is 59.8 Å². The van der Waals surface area contributed by atoms with E-state index in [1.807, 2.05) is 37.3 Å². The van der Waals surface area contributed by atoms with Crippen molar-refractivity contribution in [1.82, 2.24) is 4.98 Å². The Bertz CT molecular complexity index is 895. The molecule has 0 atom stereocenters. The Kier molecular flexibility index (Phi) is 4.62. The van der Waals surface area contributed by atoms with Crippen LogP contribution < -0.4 is 10.1 Å². The Morgan fingerprint density at radius 1 is 1.12 bits per heavy atom. The normalized spacial score (nSPS) is 10.4. The van der Waals surface area contributed by atoms with E-state index >= 15 is 0 Å². The van der Waals surface area contributed by atoms with Gasteiger partial charge >= 0.3 is 0 Å². The fourth-order valence-electron chi connectivity index (χ4n) is 2.62. The molecule has 3 rings (SSSR count). The number of pyridine rings is 1. The summed E-state index contributed by atoms with van der Waals surface area (Å²) in [7, 11) is 0. The third kappa shape index (κ3) is 3.16. The number of nitrogens with zero attached hydrogens (tertiary/aromatic N) is 2. The molecule has 2 aromatic carbocycles. The summed E-state index contributed by atoms with van der Waals surface area (Å²) < 4.78 is 5.58. The Labute approximate surface area is 141 Å². The quantitative estimate of drug-likeness (QED) is 0.733. The van der Waals surface area contributed by atoms with E-state index < -0.39 is 0 Å². The zero-order chi connectivity index (χ0) is 16.9. The molecule has 0 radical (unpaired) electrons. The van der Waals surface area contributed by atoms with Gasteiger partial charge in [-0.2, -0.15) is 5.26 Å². The van der Waals surface area contributed by atoms with E-state index in [4.69, 9.17) is 4.74 Å². The molecule has 3 aromatic rings. The van der Waals surface area contributed by atoms with Crippen molar-refractivity contribution in [3.63, 3.8) is 0 Å². The zero-order valence-corrected chi connectivity index (χ0v) is 13.8. The minimum Gasteiger partial charge on any atom is -0.494 e. The van der Waals surface area contributed by atoms with Crippen molar-refractivity contribution in [2.45, 2.75) is 20.3 Å². The van der Waals surface area contributed by atoms with Gasteiger partial charge in [0, 0.05) is 17.3 Å². The molecule has 0 aliphatic heterocycles. The second kappa shape index (κ2) is 7.01. The van der Waals surface area contributed by atoms with E-state index in [9.17, 15) is 5.26 Å². The van der Waals surface area contributed by atoms with Crippen LogP contribution in [0.3, 0.4) is 0 Å². The fraction of sp³-hybridized carbons (Fsp3) is 0.200. The van der Waals surface area contributed by atoms with E-state index in [-0.39, 0.29) is 0 Å². The molecule has 1 N–H and O–H groups in total. The van der Waals surface area contributed by atoms with Gasteiger partial charge in [-0.1, -0.05) is 19.1 Å². The second-order valence-electron chi connectivity index (χ2n) is 5.45. The van der Waals surface area contributed by atoms with Gasteiger partial charge in [0.05, 0.1) is 23.4 Å². The van der Waals surface area contributed by atoms with Gasteiger partial charge in [0.15, 0.2) is 0 Å². The summed E-state index contributed by atoms with van der Waals surface area (Å²) in [5, 5.41) is 13.7. The van der Waals surface area contributed by atoms with Crippen LogP contribution in [0.4, 0.5) is 11.4 Å². The molecular formula is C20H19N3O. The van der Waals surface area contributed by atoms with E-state index in [2.05, 4.69) is 35.4 Å². The topological polar surface area (TPSA) is 57.9 Å². The monoisotopic (exact) mass is 317 g/mol. The number of fused-ring (bicyclic) bond motifs is 1. The van der Waals surface area contributed by atoms with Crippen LogP contribution in [-0.4, -0.2) is 11.6 Å². The van der Waals surface area contributed by atoms with Crippen molar-refractivity contribution in [2.75, 3.05) is 11.9 Å². The maximum Gasteiger partial charge on any atom is 0.120 e. The predicted molar refractivity (Wildman–Crippen MR) is 96.7 cm³/mol. The van der Waals surface area contributed by atoms with Crippen molar-refractivity contribution < 1.29 is 4.74 Å². The largest absolute Gasteiger partial charge is 0.494 e.